The molecule has 8 heteroatoms. The fraction of sp³-hybridized carbons (Fsp3) is 0.474. The van der Waals surface area contributed by atoms with Crippen molar-refractivity contribution in [2.24, 2.45) is 5.92 Å². The molecule has 2 amide bonds. The van der Waals surface area contributed by atoms with Crippen molar-refractivity contribution in [3.05, 3.63) is 35.4 Å². The van der Waals surface area contributed by atoms with Crippen LogP contribution < -0.4 is 10.6 Å². The Kier molecular flexibility index (Phi) is 8.98. The van der Waals surface area contributed by atoms with Gasteiger partial charge >= 0.3 is 11.9 Å². The van der Waals surface area contributed by atoms with Gasteiger partial charge in [0.05, 0.1) is 7.11 Å². The highest BCUT2D eigenvalue weighted by atomic mass is 16.5. The number of hydrogen-bond donors (Lipinski definition) is 2. The van der Waals surface area contributed by atoms with Crippen molar-refractivity contribution in [1.29, 1.82) is 0 Å². The molecule has 0 aromatic heterocycles. The fourth-order valence-corrected chi connectivity index (χ4v) is 2.30. The van der Waals surface area contributed by atoms with E-state index in [1.807, 2.05) is 26.8 Å². The highest BCUT2D eigenvalue weighted by molar-refractivity contribution is 5.96. The lowest BCUT2D eigenvalue weighted by Gasteiger charge is -2.18. The summed E-state index contributed by atoms with van der Waals surface area (Å²) >= 11 is 0. The number of aryl methyl sites for hydroxylation is 1. The molecular formula is C19H26N2O6. The van der Waals surface area contributed by atoms with Gasteiger partial charge in [-0.3, -0.25) is 14.4 Å². The van der Waals surface area contributed by atoms with Gasteiger partial charge in [0.15, 0.2) is 6.61 Å². The van der Waals surface area contributed by atoms with Crippen LogP contribution in [0.4, 0.5) is 0 Å². The fourth-order valence-electron chi connectivity index (χ4n) is 2.30. The van der Waals surface area contributed by atoms with Crippen LogP contribution in [0.1, 0.15) is 36.2 Å². The van der Waals surface area contributed by atoms with Crippen LogP contribution in [-0.2, 0) is 23.9 Å². The molecule has 1 atom stereocenters. The molecule has 0 unspecified atom stereocenters. The molecule has 0 radical (unpaired) electrons. The van der Waals surface area contributed by atoms with E-state index in [-0.39, 0.29) is 12.5 Å². The molecule has 0 saturated heterocycles. The van der Waals surface area contributed by atoms with E-state index in [0.29, 0.717) is 12.0 Å². The second-order valence-corrected chi connectivity index (χ2v) is 6.49. The number of amides is 2. The molecule has 8 nitrogen and oxygen atoms in total. The highest BCUT2D eigenvalue weighted by Crippen LogP contribution is 2.06. The van der Waals surface area contributed by atoms with Gasteiger partial charge in [-0.1, -0.05) is 31.5 Å². The Balaban J connectivity index is 2.41. The zero-order valence-corrected chi connectivity index (χ0v) is 16.0. The summed E-state index contributed by atoms with van der Waals surface area (Å²) in [5.41, 5.74) is 1.35. The smallest absolute Gasteiger partial charge is 0.328 e. The van der Waals surface area contributed by atoms with Gasteiger partial charge in [0, 0.05) is 5.56 Å². The highest BCUT2D eigenvalue weighted by Gasteiger charge is 2.23. The minimum Gasteiger partial charge on any atom is -0.467 e. The Labute approximate surface area is 158 Å². The molecule has 0 fully saturated rings. The summed E-state index contributed by atoms with van der Waals surface area (Å²) < 4.78 is 9.46. The molecule has 0 aliphatic heterocycles. The molecule has 1 aromatic rings. The summed E-state index contributed by atoms with van der Waals surface area (Å²) in [5.74, 6) is -2.19. The molecule has 1 aromatic carbocycles. The van der Waals surface area contributed by atoms with E-state index < -0.39 is 36.4 Å². The van der Waals surface area contributed by atoms with Gasteiger partial charge in [0.25, 0.3) is 11.8 Å². The molecular weight excluding hydrogens is 352 g/mol. The number of carbonyl (C=O) groups excluding carboxylic acids is 4. The second kappa shape index (κ2) is 10.9. The maximum absolute atomic E-state index is 11.9. The number of benzene rings is 1. The van der Waals surface area contributed by atoms with Crippen molar-refractivity contribution in [2.45, 2.75) is 33.2 Å². The van der Waals surface area contributed by atoms with Crippen molar-refractivity contribution in [2.75, 3.05) is 20.3 Å². The first-order valence-corrected chi connectivity index (χ1v) is 8.60. The van der Waals surface area contributed by atoms with Crippen LogP contribution in [0, 0.1) is 12.8 Å². The van der Waals surface area contributed by atoms with Gasteiger partial charge in [-0.25, -0.2) is 4.79 Å². The number of nitrogens with one attached hydrogen (secondary N) is 2. The van der Waals surface area contributed by atoms with E-state index in [4.69, 9.17) is 4.74 Å². The van der Waals surface area contributed by atoms with Crippen molar-refractivity contribution < 1.29 is 28.7 Å². The first-order chi connectivity index (χ1) is 12.7. The number of rotatable bonds is 9. The predicted molar refractivity (Wildman–Crippen MR) is 97.9 cm³/mol. The van der Waals surface area contributed by atoms with Gasteiger partial charge in [0.1, 0.15) is 12.6 Å². The number of carbonyl (C=O) groups is 4. The van der Waals surface area contributed by atoms with Crippen LogP contribution in [-0.4, -0.2) is 50.1 Å². The first kappa shape index (κ1) is 22.1. The van der Waals surface area contributed by atoms with Gasteiger partial charge in [-0.15, -0.1) is 0 Å². The van der Waals surface area contributed by atoms with Crippen molar-refractivity contribution in [3.63, 3.8) is 0 Å². The van der Waals surface area contributed by atoms with Crippen molar-refractivity contribution >= 4 is 23.8 Å². The molecule has 148 valence electrons. The largest absolute Gasteiger partial charge is 0.467 e. The number of methoxy groups -OCH3 is 1. The zero-order valence-electron chi connectivity index (χ0n) is 16.0. The third-order valence-corrected chi connectivity index (χ3v) is 3.57. The van der Waals surface area contributed by atoms with E-state index in [1.165, 1.54) is 7.11 Å². The molecule has 0 aliphatic rings. The SMILES string of the molecule is COC(=O)[C@@H](CC(C)C)NC(=O)COC(=O)CNC(=O)c1cccc(C)c1. The minimum atomic E-state index is -0.803. The van der Waals surface area contributed by atoms with Crippen molar-refractivity contribution in [3.8, 4) is 0 Å². The average molecular weight is 378 g/mol. The molecule has 0 spiro atoms. The average Bonchev–Trinajstić information content (AvgIpc) is 2.62. The Morgan fingerprint density at radius 2 is 1.85 bits per heavy atom. The Morgan fingerprint density at radius 3 is 2.44 bits per heavy atom. The van der Waals surface area contributed by atoms with Crippen LogP contribution in [0.3, 0.4) is 0 Å². The Morgan fingerprint density at radius 1 is 1.15 bits per heavy atom. The van der Waals surface area contributed by atoms with Crippen molar-refractivity contribution in [1.82, 2.24) is 10.6 Å². The summed E-state index contributed by atoms with van der Waals surface area (Å²) in [6, 6.07) is 6.10. The summed E-state index contributed by atoms with van der Waals surface area (Å²) in [7, 11) is 1.23. The lowest BCUT2D eigenvalue weighted by atomic mass is 10.0. The molecule has 0 saturated carbocycles. The summed E-state index contributed by atoms with van der Waals surface area (Å²) in [6.07, 6.45) is 0.402. The lowest BCUT2D eigenvalue weighted by Crippen LogP contribution is -2.44. The third kappa shape index (κ3) is 8.35. The summed E-state index contributed by atoms with van der Waals surface area (Å²) in [5, 5.41) is 4.90. The van der Waals surface area contributed by atoms with Crippen LogP contribution in [0.15, 0.2) is 24.3 Å². The number of esters is 2. The number of hydrogen-bond acceptors (Lipinski definition) is 6. The maximum atomic E-state index is 11.9. The van der Waals surface area contributed by atoms with Crippen LogP contribution in [0.2, 0.25) is 0 Å². The van der Waals surface area contributed by atoms with Crippen LogP contribution in [0.25, 0.3) is 0 Å². The summed E-state index contributed by atoms with van der Waals surface area (Å²) in [4.78, 5) is 47.2. The van der Waals surface area contributed by atoms with Gasteiger partial charge < -0.3 is 20.1 Å². The third-order valence-electron chi connectivity index (χ3n) is 3.57. The van der Waals surface area contributed by atoms with Crippen LogP contribution in [0.5, 0.6) is 0 Å². The van der Waals surface area contributed by atoms with Gasteiger partial charge in [-0.2, -0.15) is 0 Å². The number of ether oxygens (including phenoxy) is 2. The minimum absolute atomic E-state index is 0.161. The molecule has 0 aliphatic carbocycles. The lowest BCUT2D eigenvalue weighted by molar-refractivity contribution is -0.149. The topological polar surface area (TPSA) is 111 Å². The van der Waals surface area contributed by atoms with E-state index >= 15 is 0 Å². The zero-order chi connectivity index (χ0) is 20.4. The molecule has 2 N–H and O–H groups in total. The van der Waals surface area contributed by atoms with E-state index in [1.54, 1.807) is 18.2 Å². The van der Waals surface area contributed by atoms with Gasteiger partial charge in [-0.05, 0) is 31.4 Å². The Bertz CT molecular complexity index is 687. The van der Waals surface area contributed by atoms with E-state index in [9.17, 15) is 19.2 Å². The normalized spacial score (nSPS) is 11.4. The van der Waals surface area contributed by atoms with E-state index in [0.717, 1.165) is 5.56 Å². The first-order valence-electron chi connectivity index (χ1n) is 8.60. The van der Waals surface area contributed by atoms with Gasteiger partial charge in [0.2, 0.25) is 0 Å². The monoisotopic (exact) mass is 378 g/mol. The predicted octanol–water partition coefficient (Wildman–Crippen LogP) is 0.972. The summed E-state index contributed by atoms with van der Waals surface area (Å²) in [6.45, 7) is 4.74. The van der Waals surface area contributed by atoms with E-state index in [2.05, 4.69) is 15.4 Å². The second-order valence-electron chi connectivity index (χ2n) is 6.49. The molecule has 1 rings (SSSR count). The molecule has 27 heavy (non-hydrogen) atoms. The standard InChI is InChI=1S/C19H26N2O6/c1-12(2)8-15(19(25)26-4)21-16(22)11-27-17(23)10-20-18(24)14-7-5-6-13(3)9-14/h5-7,9,12,15H,8,10-11H2,1-4H3,(H,20,24)(H,21,22)/t15-/m1/s1. The Hall–Kier alpha value is -2.90. The quantitative estimate of drug-likeness (QED) is 0.620. The molecule has 0 heterocycles. The maximum Gasteiger partial charge on any atom is 0.328 e. The molecule has 0 bridgehead atoms. The van der Waals surface area contributed by atoms with Crippen LogP contribution >= 0.6 is 0 Å².